The van der Waals surface area contributed by atoms with E-state index in [2.05, 4.69) is 27.7 Å². The second kappa shape index (κ2) is 3.81. The monoisotopic (exact) mass is 168 g/mol. The van der Waals surface area contributed by atoms with Crippen molar-refractivity contribution in [2.75, 3.05) is 0 Å². The number of rotatable bonds is 3. The van der Waals surface area contributed by atoms with Gasteiger partial charge in [0.2, 0.25) is 0 Å². The van der Waals surface area contributed by atoms with E-state index in [4.69, 9.17) is 0 Å². The van der Waals surface area contributed by atoms with Gasteiger partial charge in [0.05, 0.1) is 0 Å². The lowest BCUT2D eigenvalue weighted by Crippen LogP contribution is -2.25. The zero-order valence-corrected chi connectivity index (χ0v) is 9.19. The van der Waals surface area contributed by atoms with E-state index in [1.807, 2.05) is 0 Å². The highest BCUT2D eigenvalue weighted by Gasteiger charge is 2.28. The molecule has 0 aromatic rings. The zero-order valence-electron chi connectivity index (χ0n) is 9.19. The van der Waals surface area contributed by atoms with Gasteiger partial charge in [-0.25, -0.2) is 0 Å². The summed E-state index contributed by atoms with van der Waals surface area (Å²) in [4.78, 5) is 0. The second-order valence-electron chi connectivity index (χ2n) is 5.50. The van der Waals surface area contributed by atoms with Gasteiger partial charge in [0.25, 0.3) is 0 Å². The summed E-state index contributed by atoms with van der Waals surface area (Å²) in [7, 11) is 0. The zero-order chi connectivity index (χ0) is 9.19. The molecule has 0 aromatic carbocycles. The molecular weight excluding hydrogens is 144 g/mol. The molecule has 0 heterocycles. The first-order chi connectivity index (χ1) is 5.54. The summed E-state index contributed by atoms with van der Waals surface area (Å²) < 4.78 is 0. The van der Waals surface area contributed by atoms with Crippen molar-refractivity contribution in [2.45, 2.75) is 59.8 Å². The van der Waals surface area contributed by atoms with Crippen LogP contribution < -0.4 is 0 Å². The first-order valence-electron chi connectivity index (χ1n) is 5.54. The molecule has 12 heavy (non-hydrogen) atoms. The molecular formula is C12H24. The highest BCUT2D eigenvalue weighted by molar-refractivity contribution is 4.79. The minimum absolute atomic E-state index is 0.532. The van der Waals surface area contributed by atoms with E-state index in [1.54, 1.807) is 0 Å². The highest BCUT2D eigenvalue weighted by Crippen LogP contribution is 2.39. The van der Waals surface area contributed by atoms with Gasteiger partial charge in [-0.2, -0.15) is 0 Å². The molecule has 1 aliphatic carbocycles. The van der Waals surface area contributed by atoms with Gasteiger partial charge >= 0.3 is 0 Å². The lowest BCUT2D eigenvalue weighted by Gasteiger charge is -2.36. The maximum Gasteiger partial charge on any atom is -0.0354 e. The lowest BCUT2D eigenvalue weighted by molar-refractivity contribution is 0.152. The van der Waals surface area contributed by atoms with E-state index in [1.165, 1.54) is 32.1 Å². The third kappa shape index (κ3) is 2.50. The standard InChI is InChI=1S/C12H24/c1-5-11(12(2,3)4)9-10-7-6-8-10/h10-11H,5-9H2,1-4H3. The molecule has 0 amide bonds. The minimum Gasteiger partial charge on any atom is -0.0651 e. The van der Waals surface area contributed by atoms with E-state index < -0.39 is 0 Å². The fraction of sp³-hybridized carbons (Fsp3) is 1.00. The topological polar surface area (TPSA) is 0 Å². The Kier molecular flexibility index (Phi) is 3.20. The Bertz CT molecular complexity index is 125. The van der Waals surface area contributed by atoms with E-state index in [0.717, 1.165) is 11.8 Å². The quantitative estimate of drug-likeness (QED) is 0.591. The average molecular weight is 168 g/mol. The van der Waals surface area contributed by atoms with Crippen molar-refractivity contribution in [1.82, 2.24) is 0 Å². The predicted molar refractivity (Wildman–Crippen MR) is 55.2 cm³/mol. The van der Waals surface area contributed by atoms with E-state index >= 15 is 0 Å². The molecule has 1 saturated carbocycles. The molecule has 0 spiro atoms. The van der Waals surface area contributed by atoms with Crippen molar-refractivity contribution in [3.63, 3.8) is 0 Å². The Hall–Kier alpha value is 0. The molecule has 0 nitrogen and oxygen atoms in total. The van der Waals surface area contributed by atoms with E-state index in [-0.39, 0.29) is 0 Å². The van der Waals surface area contributed by atoms with Crippen LogP contribution in [0.15, 0.2) is 0 Å². The van der Waals surface area contributed by atoms with Gasteiger partial charge in [-0.05, 0) is 23.7 Å². The molecule has 0 saturated heterocycles. The lowest BCUT2D eigenvalue weighted by atomic mass is 9.70. The van der Waals surface area contributed by atoms with Crippen LogP contribution in [-0.2, 0) is 0 Å². The van der Waals surface area contributed by atoms with Crippen LogP contribution in [0.5, 0.6) is 0 Å². The van der Waals surface area contributed by atoms with Gasteiger partial charge in [0, 0.05) is 0 Å². The van der Waals surface area contributed by atoms with Crippen molar-refractivity contribution < 1.29 is 0 Å². The van der Waals surface area contributed by atoms with Crippen LogP contribution in [0.4, 0.5) is 0 Å². The maximum atomic E-state index is 2.39. The predicted octanol–water partition coefficient (Wildman–Crippen LogP) is 4.25. The van der Waals surface area contributed by atoms with Crippen LogP contribution >= 0.6 is 0 Å². The van der Waals surface area contributed by atoms with Crippen LogP contribution in [-0.4, -0.2) is 0 Å². The second-order valence-corrected chi connectivity index (χ2v) is 5.50. The number of hydrogen-bond acceptors (Lipinski definition) is 0. The molecule has 1 unspecified atom stereocenters. The third-order valence-electron chi connectivity index (χ3n) is 3.56. The first kappa shape index (κ1) is 10.1. The molecule has 0 bridgehead atoms. The maximum absolute atomic E-state index is 2.39. The third-order valence-corrected chi connectivity index (χ3v) is 3.56. The first-order valence-corrected chi connectivity index (χ1v) is 5.54. The Morgan fingerprint density at radius 2 is 1.83 bits per heavy atom. The summed E-state index contributed by atoms with van der Waals surface area (Å²) in [5, 5.41) is 0. The van der Waals surface area contributed by atoms with Crippen molar-refractivity contribution in [1.29, 1.82) is 0 Å². The van der Waals surface area contributed by atoms with Crippen LogP contribution in [0.1, 0.15) is 59.8 Å². The van der Waals surface area contributed by atoms with Crippen LogP contribution in [0.2, 0.25) is 0 Å². The van der Waals surface area contributed by atoms with Crippen molar-refractivity contribution in [3.8, 4) is 0 Å². The average Bonchev–Trinajstić information content (AvgIpc) is 1.82. The van der Waals surface area contributed by atoms with Crippen molar-refractivity contribution in [3.05, 3.63) is 0 Å². The summed E-state index contributed by atoms with van der Waals surface area (Å²) in [5.41, 5.74) is 0.532. The Morgan fingerprint density at radius 3 is 2.08 bits per heavy atom. The van der Waals surface area contributed by atoms with E-state index in [0.29, 0.717) is 5.41 Å². The van der Waals surface area contributed by atoms with Crippen molar-refractivity contribution >= 4 is 0 Å². The minimum atomic E-state index is 0.532. The summed E-state index contributed by atoms with van der Waals surface area (Å²) in [6.45, 7) is 9.51. The molecule has 0 aromatic heterocycles. The molecule has 72 valence electrons. The summed E-state index contributed by atoms with van der Waals surface area (Å²) in [6.07, 6.45) is 7.35. The Morgan fingerprint density at radius 1 is 1.25 bits per heavy atom. The molecule has 1 fully saturated rings. The Labute approximate surface area is 77.7 Å². The molecule has 0 heteroatoms. The normalized spacial score (nSPS) is 22.0. The molecule has 0 N–H and O–H groups in total. The fourth-order valence-electron chi connectivity index (χ4n) is 2.26. The smallest absolute Gasteiger partial charge is 0.0354 e. The molecule has 1 aliphatic rings. The summed E-state index contributed by atoms with van der Waals surface area (Å²) in [6, 6.07) is 0. The summed E-state index contributed by atoms with van der Waals surface area (Å²) >= 11 is 0. The largest absolute Gasteiger partial charge is 0.0651 e. The van der Waals surface area contributed by atoms with Crippen molar-refractivity contribution in [2.24, 2.45) is 17.3 Å². The fourth-order valence-corrected chi connectivity index (χ4v) is 2.26. The number of hydrogen-bond donors (Lipinski definition) is 0. The molecule has 1 rings (SSSR count). The highest BCUT2D eigenvalue weighted by atomic mass is 14.3. The molecule has 0 radical (unpaired) electrons. The van der Waals surface area contributed by atoms with Gasteiger partial charge in [-0.1, -0.05) is 53.4 Å². The van der Waals surface area contributed by atoms with Gasteiger partial charge in [0.15, 0.2) is 0 Å². The molecule has 0 aliphatic heterocycles. The van der Waals surface area contributed by atoms with Crippen LogP contribution in [0.25, 0.3) is 0 Å². The van der Waals surface area contributed by atoms with Crippen LogP contribution in [0.3, 0.4) is 0 Å². The Balaban J connectivity index is 2.34. The SMILES string of the molecule is CCC(CC1CCC1)C(C)(C)C. The van der Waals surface area contributed by atoms with Gasteiger partial charge in [0.1, 0.15) is 0 Å². The molecule has 1 atom stereocenters. The van der Waals surface area contributed by atoms with Gasteiger partial charge in [-0.3, -0.25) is 0 Å². The summed E-state index contributed by atoms with van der Waals surface area (Å²) in [5.74, 6) is 2.02. The van der Waals surface area contributed by atoms with E-state index in [9.17, 15) is 0 Å². The van der Waals surface area contributed by atoms with Crippen LogP contribution in [0, 0.1) is 17.3 Å². The van der Waals surface area contributed by atoms with Gasteiger partial charge < -0.3 is 0 Å². The van der Waals surface area contributed by atoms with Gasteiger partial charge in [-0.15, -0.1) is 0 Å².